The van der Waals surface area contributed by atoms with Crippen molar-refractivity contribution in [3.8, 4) is 68.1 Å². The standard InChI is InChI=1S/C49H27N13/c1-4-14-32-28(10-1)20-25-50-43(32)41-38(35-19-18-29-13-7-21-51-47(29)56-35)39(36-17-8-24-54-59-36)40(37-26-30-11-3-6-16-34(30)60-61-37)42-45(41)57-49(48-52-22-9-23-53-48)58-46(42)44-33-15-5-2-12-31(33)27-55-62-44/h1-27H. The summed E-state index contributed by atoms with van der Waals surface area (Å²) in [4.78, 5) is 35.3. The van der Waals surface area contributed by atoms with Crippen LogP contribution >= 0.6 is 0 Å². The summed E-state index contributed by atoms with van der Waals surface area (Å²) in [6, 6.07) is 41.5. The molecule has 13 nitrogen and oxygen atoms in total. The fourth-order valence-electron chi connectivity index (χ4n) is 8.21. The van der Waals surface area contributed by atoms with Crippen LogP contribution in [0.3, 0.4) is 0 Å². The topological polar surface area (TPSA) is 168 Å². The van der Waals surface area contributed by atoms with Gasteiger partial charge in [0, 0.05) is 85.6 Å². The number of aromatic nitrogens is 13. The molecule has 0 saturated carbocycles. The monoisotopic (exact) mass is 797 g/mol. The zero-order valence-corrected chi connectivity index (χ0v) is 32.4. The van der Waals surface area contributed by atoms with E-state index in [-0.39, 0.29) is 5.82 Å². The van der Waals surface area contributed by atoms with Crippen molar-refractivity contribution in [2.45, 2.75) is 0 Å². The number of benzene rings is 4. The maximum atomic E-state index is 5.47. The van der Waals surface area contributed by atoms with Crippen LogP contribution in [0.1, 0.15) is 0 Å². The van der Waals surface area contributed by atoms with Gasteiger partial charge in [-0.2, -0.15) is 15.3 Å². The molecule has 0 amide bonds. The normalized spacial score (nSPS) is 11.5. The molecule has 4 aromatic carbocycles. The Morgan fingerprint density at radius 1 is 0.355 bits per heavy atom. The van der Waals surface area contributed by atoms with E-state index in [1.54, 1.807) is 37.1 Å². The molecule has 8 aromatic heterocycles. The number of pyridine rings is 3. The molecule has 0 bridgehead atoms. The van der Waals surface area contributed by atoms with E-state index in [0.717, 1.165) is 37.8 Å². The third kappa shape index (κ3) is 5.75. The first-order valence-corrected chi connectivity index (χ1v) is 19.7. The van der Waals surface area contributed by atoms with E-state index >= 15 is 0 Å². The second-order valence-corrected chi connectivity index (χ2v) is 14.5. The Labute approximate surface area is 351 Å². The fraction of sp³-hybridized carbons (Fsp3) is 0. The molecule has 8 heterocycles. The third-order valence-corrected chi connectivity index (χ3v) is 10.9. The van der Waals surface area contributed by atoms with Crippen molar-refractivity contribution in [1.29, 1.82) is 0 Å². The molecule has 0 unspecified atom stereocenters. The van der Waals surface area contributed by atoms with Gasteiger partial charge in [0.1, 0.15) is 11.4 Å². The molecule has 62 heavy (non-hydrogen) atoms. The second-order valence-electron chi connectivity index (χ2n) is 14.5. The molecule has 0 aliphatic heterocycles. The minimum atomic E-state index is 0.270. The molecule has 0 radical (unpaired) electrons. The minimum Gasteiger partial charge on any atom is -0.255 e. The van der Waals surface area contributed by atoms with Gasteiger partial charge in [-0.3, -0.25) is 4.98 Å². The molecule has 0 aliphatic carbocycles. The Morgan fingerprint density at radius 3 is 1.98 bits per heavy atom. The van der Waals surface area contributed by atoms with E-state index in [2.05, 4.69) is 32.3 Å². The molecule has 12 aromatic rings. The summed E-state index contributed by atoms with van der Waals surface area (Å²) in [6.45, 7) is 0. The molecule has 0 saturated heterocycles. The lowest BCUT2D eigenvalue weighted by Gasteiger charge is -2.23. The Kier molecular flexibility index (Phi) is 8.13. The maximum Gasteiger partial charge on any atom is 0.198 e. The summed E-state index contributed by atoms with van der Waals surface area (Å²) in [7, 11) is 0. The highest BCUT2D eigenvalue weighted by Crippen LogP contribution is 2.52. The average molecular weight is 798 g/mol. The van der Waals surface area contributed by atoms with Gasteiger partial charge < -0.3 is 0 Å². The number of hydrogen-bond donors (Lipinski definition) is 0. The summed E-state index contributed by atoms with van der Waals surface area (Å²) in [5.41, 5.74) is 7.76. The van der Waals surface area contributed by atoms with Crippen LogP contribution in [0.15, 0.2) is 165 Å². The summed E-state index contributed by atoms with van der Waals surface area (Å²) >= 11 is 0. The minimum absolute atomic E-state index is 0.270. The molecule has 0 atom stereocenters. The molecule has 12 rings (SSSR count). The van der Waals surface area contributed by atoms with E-state index in [0.29, 0.717) is 78.8 Å². The van der Waals surface area contributed by atoms with Gasteiger partial charge in [-0.15, -0.1) is 15.3 Å². The van der Waals surface area contributed by atoms with Crippen molar-refractivity contribution in [1.82, 2.24) is 65.5 Å². The van der Waals surface area contributed by atoms with Crippen molar-refractivity contribution in [2.75, 3.05) is 0 Å². The smallest absolute Gasteiger partial charge is 0.198 e. The van der Waals surface area contributed by atoms with E-state index in [1.165, 1.54) is 0 Å². The van der Waals surface area contributed by atoms with Gasteiger partial charge in [-0.1, -0.05) is 66.7 Å². The highest BCUT2D eigenvalue weighted by atomic mass is 15.1. The Hall–Kier alpha value is -8.97. The Morgan fingerprint density at radius 2 is 1.11 bits per heavy atom. The van der Waals surface area contributed by atoms with Crippen molar-refractivity contribution < 1.29 is 0 Å². The van der Waals surface area contributed by atoms with Gasteiger partial charge in [0.25, 0.3) is 0 Å². The quantitative estimate of drug-likeness (QED) is 0.156. The Bertz CT molecular complexity index is 3710. The van der Waals surface area contributed by atoms with Crippen molar-refractivity contribution in [2.24, 2.45) is 0 Å². The van der Waals surface area contributed by atoms with E-state index < -0.39 is 0 Å². The van der Waals surface area contributed by atoms with Crippen LogP contribution in [0.25, 0.3) is 122 Å². The van der Waals surface area contributed by atoms with Crippen molar-refractivity contribution in [3.63, 3.8) is 0 Å². The van der Waals surface area contributed by atoms with Gasteiger partial charge in [-0.05, 0) is 66.0 Å². The summed E-state index contributed by atoms with van der Waals surface area (Å²) in [6.07, 6.45) is 10.3. The molecule has 0 N–H and O–H groups in total. The first-order valence-electron chi connectivity index (χ1n) is 19.7. The lowest BCUT2D eigenvalue weighted by molar-refractivity contribution is 1.03. The van der Waals surface area contributed by atoms with E-state index in [4.69, 9.17) is 45.3 Å². The predicted molar refractivity (Wildman–Crippen MR) is 238 cm³/mol. The van der Waals surface area contributed by atoms with Crippen molar-refractivity contribution in [3.05, 3.63) is 165 Å². The summed E-state index contributed by atoms with van der Waals surface area (Å²) < 4.78 is 0. The first kappa shape index (κ1) is 35.0. The average Bonchev–Trinajstić information content (AvgIpc) is 3.35. The number of hydrogen-bond acceptors (Lipinski definition) is 13. The SMILES string of the molecule is c1cnc(-c2nc(-c3nncc4ccccc34)c3c(-c4cc5ccccc5nn4)c(-c4cccnn4)c(-c4ccc5cccnc5n4)c(-c4nccc5ccccc45)c3n2)nc1. The number of rotatable bonds is 6. The zero-order chi connectivity index (χ0) is 41.0. The van der Waals surface area contributed by atoms with Gasteiger partial charge in [0.2, 0.25) is 0 Å². The fourth-order valence-corrected chi connectivity index (χ4v) is 8.21. The van der Waals surface area contributed by atoms with E-state index in [1.807, 2.05) is 115 Å². The second kappa shape index (κ2) is 14.4. The first-order chi connectivity index (χ1) is 30.8. The highest BCUT2D eigenvalue weighted by molar-refractivity contribution is 6.22. The molecule has 0 fully saturated rings. The van der Waals surface area contributed by atoms with E-state index in [9.17, 15) is 0 Å². The highest BCUT2D eigenvalue weighted by Gasteiger charge is 2.32. The van der Waals surface area contributed by atoms with Crippen LogP contribution in [0.5, 0.6) is 0 Å². The van der Waals surface area contributed by atoms with Gasteiger partial charge in [-0.25, -0.2) is 29.9 Å². The Balaban J connectivity index is 1.40. The molecule has 0 aliphatic rings. The summed E-state index contributed by atoms with van der Waals surface area (Å²) in [5.74, 6) is 0.589. The number of fused-ring (bicyclic) bond motifs is 5. The lowest BCUT2D eigenvalue weighted by Crippen LogP contribution is -2.07. The van der Waals surface area contributed by atoms with Gasteiger partial charge in [0.05, 0.1) is 40.0 Å². The van der Waals surface area contributed by atoms with Crippen LogP contribution < -0.4 is 0 Å². The van der Waals surface area contributed by atoms with Gasteiger partial charge in [0.15, 0.2) is 17.3 Å². The lowest BCUT2D eigenvalue weighted by atomic mass is 9.83. The largest absolute Gasteiger partial charge is 0.255 e. The zero-order valence-electron chi connectivity index (χ0n) is 32.4. The van der Waals surface area contributed by atoms with Crippen LogP contribution in [0, 0.1) is 0 Å². The van der Waals surface area contributed by atoms with Crippen molar-refractivity contribution >= 4 is 54.4 Å². The van der Waals surface area contributed by atoms with Crippen LogP contribution in [-0.2, 0) is 0 Å². The third-order valence-electron chi connectivity index (χ3n) is 10.9. The van der Waals surface area contributed by atoms with Gasteiger partial charge >= 0.3 is 0 Å². The molecule has 0 spiro atoms. The van der Waals surface area contributed by atoms with Crippen LogP contribution in [-0.4, -0.2) is 65.5 Å². The molecule has 288 valence electrons. The van der Waals surface area contributed by atoms with Crippen LogP contribution in [0.2, 0.25) is 0 Å². The molecular weight excluding hydrogens is 771 g/mol. The van der Waals surface area contributed by atoms with Crippen LogP contribution in [0.4, 0.5) is 0 Å². The maximum absolute atomic E-state index is 5.47. The number of nitrogens with zero attached hydrogens (tertiary/aromatic N) is 13. The summed E-state index contributed by atoms with van der Waals surface area (Å²) in [5, 5.41) is 34.3. The molecular formula is C49H27N13. The molecule has 13 heteroatoms. The predicted octanol–water partition coefficient (Wildman–Crippen LogP) is 9.59.